The Bertz CT molecular complexity index is 508. The topological polar surface area (TPSA) is 96.2 Å². The van der Waals surface area contributed by atoms with Gasteiger partial charge in [-0.2, -0.15) is 0 Å². The molecule has 0 bridgehead atoms. The van der Waals surface area contributed by atoms with E-state index in [-0.39, 0.29) is 24.3 Å². The summed E-state index contributed by atoms with van der Waals surface area (Å²) in [5.41, 5.74) is 5.61. The van der Waals surface area contributed by atoms with Gasteiger partial charge in [-0.15, -0.1) is 12.4 Å². The molecule has 0 fully saturated rings. The summed E-state index contributed by atoms with van der Waals surface area (Å²) in [6.07, 6.45) is 28.0. The number of carbonyl (C=O) groups excluding carboxylic acids is 2. The molecule has 38 heavy (non-hydrogen) atoms. The van der Waals surface area contributed by atoms with Crippen LogP contribution in [0.2, 0.25) is 0 Å². The number of rotatable bonds is 28. The van der Waals surface area contributed by atoms with Crippen molar-refractivity contribution in [2.24, 2.45) is 5.73 Å². The van der Waals surface area contributed by atoms with Crippen LogP contribution in [0.5, 0.6) is 0 Å². The third-order valence-corrected chi connectivity index (χ3v) is 7.21. The van der Waals surface area contributed by atoms with Gasteiger partial charge in [0.1, 0.15) is 6.04 Å². The second kappa shape index (κ2) is 32.2. The number of urea groups is 1. The van der Waals surface area contributed by atoms with Crippen LogP contribution in [-0.4, -0.2) is 37.6 Å². The molecule has 6 nitrogen and oxygen atoms in total. The average molecular weight is 561 g/mol. The Morgan fingerprint density at radius 2 is 0.947 bits per heavy atom. The second-order valence-electron chi connectivity index (χ2n) is 10.9. The van der Waals surface area contributed by atoms with Crippen LogP contribution in [0.15, 0.2) is 0 Å². The van der Waals surface area contributed by atoms with E-state index in [1.165, 1.54) is 103 Å². The maximum absolute atomic E-state index is 12.6. The van der Waals surface area contributed by atoms with Gasteiger partial charge in [0.05, 0.1) is 0 Å². The van der Waals surface area contributed by atoms with Gasteiger partial charge in [0.15, 0.2) is 0 Å². The first kappa shape index (κ1) is 39.1. The molecule has 0 aliphatic heterocycles. The number of hydrogen-bond acceptors (Lipinski definition) is 3. The van der Waals surface area contributed by atoms with Crippen molar-refractivity contribution in [2.45, 2.75) is 168 Å². The van der Waals surface area contributed by atoms with Crippen LogP contribution in [0.25, 0.3) is 0 Å². The van der Waals surface area contributed by atoms with Gasteiger partial charge in [-0.3, -0.25) is 4.79 Å². The molecule has 1 unspecified atom stereocenters. The van der Waals surface area contributed by atoms with Crippen molar-refractivity contribution in [2.75, 3.05) is 19.6 Å². The zero-order valence-electron chi connectivity index (χ0n) is 25.3. The van der Waals surface area contributed by atoms with Crippen molar-refractivity contribution in [3.63, 3.8) is 0 Å². The Balaban J connectivity index is 0. The molecule has 7 heteroatoms. The fourth-order valence-electron chi connectivity index (χ4n) is 4.73. The van der Waals surface area contributed by atoms with E-state index in [1.807, 2.05) is 0 Å². The van der Waals surface area contributed by atoms with Crippen LogP contribution in [0.1, 0.15) is 162 Å². The quantitative estimate of drug-likeness (QED) is 0.0726. The van der Waals surface area contributed by atoms with E-state index < -0.39 is 6.04 Å². The highest BCUT2D eigenvalue weighted by molar-refractivity contribution is 5.87. The lowest BCUT2D eigenvalue weighted by Crippen LogP contribution is -2.50. The maximum Gasteiger partial charge on any atom is 0.315 e. The molecule has 0 aliphatic carbocycles. The average Bonchev–Trinajstić information content (AvgIpc) is 2.89. The molecular weight excluding hydrogens is 496 g/mol. The van der Waals surface area contributed by atoms with Crippen molar-refractivity contribution in [1.29, 1.82) is 0 Å². The highest BCUT2D eigenvalue weighted by Crippen LogP contribution is 2.13. The molecule has 0 aromatic carbocycles. The normalized spacial score (nSPS) is 11.6. The summed E-state index contributed by atoms with van der Waals surface area (Å²) in [6, 6.07) is -0.717. The minimum Gasteiger partial charge on any atom is -0.354 e. The minimum absolute atomic E-state index is 0. The van der Waals surface area contributed by atoms with Gasteiger partial charge in [0.25, 0.3) is 0 Å². The monoisotopic (exact) mass is 560 g/mol. The van der Waals surface area contributed by atoms with Crippen LogP contribution in [0.3, 0.4) is 0 Å². The van der Waals surface area contributed by atoms with Crippen molar-refractivity contribution in [3.05, 3.63) is 0 Å². The fourth-order valence-corrected chi connectivity index (χ4v) is 4.73. The van der Waals surface area contributed by atoms with Gasteiger partial charge in [0, 0.05) is 13.1 Å². The third-order valence-electron chi connectivity index (χ3n) is 7.21. The van der Waals surface area contributed by atoms with Crippen molar-refractivity contribution in [3.8, 4) is 0 Å². The van der Waals surface area contributed by atoms with E-state index in [0.29, 0.717) is 26.1 Å². The van der Waals surface area contributed by atoms with E-state index >= 15 is 0 Å². The third kappa shape index (κ3) is 28.0. The lowest BCUT2D eigenvalue weighted by molar-refractivity contribution is -0.123. The number of nitrogens with one attached hydrogen (secondary N) is 3. The molecule has 0 radical (unpaired) electrons. The molecule has 0 saturated heterocycles. The SMILES string of the molecule is CCCCCCCCCCCCCCCCNC(=O)NC(CCCCN)C(=O)NCCCCCCCC.Cl. The van der Waals surface area contributed by atoms with Crippen LogP contribution in [-0.2, 0) is 4.79 Å². The predicted octanol–water partition coefficient (Wildman–Crippen LogP) is 8.16. The Hall–Kier alpha value is -1.01. The van der Waals surface area contributed by atoms with Crippen molar-refractivity contribution >= 4 is 24.3 Å². The fraction of sp³-hybridized carbons (Fsp3) is 0.935. The van der Waals surface area contributed by atoms with Crippen LogP contribution >= 0.6 is 12.4 Å². The zero-order valence-corrected chi connectivity index (χ0v) is 26.1. The van der Waals surface area contributed by atoms with Gasteiger partial charge < -0.3 is 21.7 Å². The number of halogens is 1. The molecule has 0 aliphatic rings. The summed E-state index contributed by atoms with van der Waals surface area (Å²) in [7, 11) is 0. The zero-order chi connectivity index (χ0) is 27.2. The molecule has 3 amide bonds. The molecule has 0 rings (SSSR count). The first-order chi connectivity index (χ1) is 18.2. The smallest absolute Gasteiger partial charge is 0.315 e. The standard InChI is InChI=1S/C31H64N4O2.ClH/c1-3-5-7-9-11-12-13-14-15-16-17-18-20-24-28-34-31(37)35-29(25-21-22-26-32)30(36)33-27-23-19-10-8-6-4-2;/h29H,3-28,32H2,1-2H3,(H,33,36)(H2,34,35,37);1H. The minimum atomic E-state index is -0.483. The van der Waals surface area contributed by atoms with Crippen molar-refractivity contribution in [1.82, 2.24) is 16.0 Å². The van der Waals surface area contributed by atoms with Crippen LogP contribution < -0.4 is 21.7 Å². The number of hydrogen-bond donors (Lipinski definition) is 4. The van der Waals surface area contributed by atoms with Gasteiger partial charge in [-0.1, -0.05) is 129 Å². The second-order valence-corrected chi connectivity index (χ2v) is 10.9. The number of unbranched alkanes of at least 4 members (excludes halogenated alkanes) is 19. The summed E-state index contributed by atoms with van der Waals surface area (Å²) >= 11 is 0. The predicted molar refractivity (Wildman–Crippen MR) is 167 cm³/mol. The van der Waals surface area contributed by atoms with Gasteiger partial charge in [0.2, 0.25) is 5.91 Å². The first-order valence-corrected chi connectivity index (χ1v) is 16.2. The Labute approximate surface area is 242 Å². The summed E-state index contributed by atoms with van der Waals surface area (Å²) in [5.74, 6) is -0.0720. The Kier molecular flexibility index (Phi) is 33.2. The molecular formula is C31H65ClN4O2. The molecule has 0 spiro atoms. The van der Waals surface area contributed by atoms with Crippen molar-refractivity contribution < 1.29 is 9.59 Å². The van der Waals surface area contributed by atoms with E-state index in [0.717, 1.165) is 38.5 Å². The van der Waals surface area contributed by atoms with Gasteiger partial charge in [-0.25, -0.2) is 4.79 Å². The van der Waals surface area contributed by atoms with E-state index in [2.05, 4.69) is 29.8 Å². The molecule has 228 valence electrons. The van der Waals surface area contributed by atoms with Gasteiger partial charge in [-0.05, 0) is 38.6 Å². The molecule has 0 aromatic rings. The van der Waals surface area contributed by atoms with E-state index in [4.69, 9.17) is 5.73 Å². The molecule has 0 saturated carbocycles. The number of nitrogens with two attached hydrogens (primary N) is 1. The molecule has 5 N–H and O–H groups in total. The highest BCUT2D eigenvalue weighted by atomic mass is 35.5. The van der Waals surface area contributed by atoms with E-state index in [9.17, 15) is 9.59 Å². The first-order valence-electron chi connectivity index (χ1n) is 16.2. The Morgan fingerprint density at radius 3 is 1.37 bits per heavy atom. The number of carbonyl (C=O) groups is 2. The largest absolute Gasteiger partial charge is 0.354 e. The van der Waals surface area contributed by atoms with Gasteiger partial charge >= 0.3 is 6.03 Å². The number of amides is 3. The molecule has 0 aromatic heterocycles. The molecule has 1 atom stereocenters. The molecule has 0 heterocycles. The summed E-state index contributed by atoms with van der Waals surface area (Å²) in [5, 5.41) is 8.85. The highest BCUT2D eigenvalue weighted by Gasteiger charge is 2.19. The lowest BCUT2D eigenvalue weighted by atomic mass is 10.0. The Morgan fingerprint density at radius 1 is 0.553 bits per heavy atom. The summed E-state index contributed by atoms with van der Waals surface area (Å²) < 4.78 is 0. The maximum atomic E-state index is 12.6. The lowest BCUT2D eigenvalue weighted by Gasteiger charge is -2.19. The van der Waals surface area contributed by atoms with Crippen LogP contribution in [0.4, 0.5) is 4.79 Å². The van der Waals surface area contributed by atoms with E-state index in [1.54, 1.807) is 0 Å². The van der Waals surface area contributed by atoms with Crippen LogP contribution in [0, 0.1) is 0 Å². The summed E-state index contributed by atoms with van der Waals surface area (Å²) in [4.78, 5) is 25.0. The summed E-state index contributed by atoms with van der Waals surface area (Å²) in [6.45, 7) is 6.44.